The zero-order chi connectivity index (χ0) is 11.8. The second-order valence-electron chi connectivity index (χ2n) is 3.67. The molecule has 0 fully saturated rings. The van der Waals surface area contributed by atoms with E-state index in [4.69, 9.17) is 4.74 Å². The number of ether oxygens (including phenoxy) is 1. The first kappa shape index (κ1) is 12.7. The van der Waals surface area contributed by atoms with Crippen molar-refractivity contribution in [1.82, 2.24) is 0 Å². The van der Waals surface area contributed by atoms with Crippen LogP contribution < -0.4 is 0 Å². The minimum atomic E-state index is 0.0184. The van der Waals surface area contributed by atoms with Gasteiger partial charge < -0.3 is 4.74 Å². The Kier molecular flexibility index (Phi) is 5.51. The van der Waals surface area contributed by atoms with E-state index in [1.807, 2.05) is 24.3 Å². The SMILES string of the molecule is C=CCOCC(=O)c1ccc(CCC)cc1. The normalized spacial score (nSPS) is 10.1. The summed E-state index contributed by atoms with van der Waals surface area (Å²) in [6.07, 6.45) is 3.81. The highest BCUT2D eigenvalue weighted by Gasteiger charge is 2.04. The fraction of sp³-hybridized carbons (Fsp3) is 0.357. The van der Waals surface area contributed by atoms with Gasteiger partial charge in [0.2, 0.25) is 0 Å². The molecule has 1 aromatic carbocycles. The summed E-state index contributed by atoms with van der Waals surface area (Å²) in [4.78, 5) is 11.6. The quantitative estimate of drug-likeness (QED) is 0.399. The Morgan fingerprint density at radius 1 is 1.38 bits per heavy atom. The number of rotatable bonds is 7. The van der Waals surface area contributed by atoms with Crippen molar-refractivity contribution in [3.05, 3.63) is 48.0 Å². The molecule has 0 amide bonds. The predicted molar refractivity (Wildman–Crippen MR) is 65.8 cm³/mol. The van der Waals surface area contributed by atoms with Crippen LogP contribution in [0.15, 0.2) is 36.9 Å². The summed E-state index contributed by atoms with van der Waals surface area (Å²) in [6.45, 7) is 6.21. The smallest absolute Gasteiger partial charge is 0.188 e. The van der Waals surface area contributed by atoms with Crippen molar-refractivity contribution in [2.24, 2.45) is 0 Å². The Morgan fingerprint density at radius 3 is 2.62 bits per heavy atom. The van der Waals surface area contributed by atoms with Crippen molar-refractivity contribution in [3.8, 4) is 0 Å². The zero-order valence-electron chi connectivity index (χ0n) is 9.74. The van der Waals surface area contributed by atoms with Crippen LogP contribution in [0.1, 0.15) is 29.3 Å². The summed E-state index contributed by atoms with van der Waals surface area (Å²) >= 11 is 0. The molecule has 1 aromatic rings. The van der Waals surface area contributed by atoms with E-state index in [2.05, 4.69) is 13.5 Å². The van der Waals surface area contributed by atoms with Crippen molar-refractivity contribution in [2.45, 2.75) is 19.8 Å². The number of hydrogen-bond donors (Lipinski definition) is 0. The minimum absolute atomic E-state index is 0.0184. The Hall–Kier alpha value is -1.41. The highest BCUT2D eigenvalue weighted by atomic mass is 16.5. The highest BCUT2D eigenvalue weighted by Crippen LogP contribution is 2.07. The average molecular weight is 218 g/mol. The number of carbonyl (C=O) groups is 1. The molecule has 0 atom stereocenters. The number of ketones is 1. The van der Waals surface area contributed by atoms with E-state index in [0.29, 0.717) is 12.2 Å². The molecule has 0 N–H and O–H groups in total. The summed E-state index contributed by atoms with van der Waals surface area (Å²) in [7, 11) is 0. The molecule has 0 saturated heterocycles. The second kappa shape index (κ2) is 6.96. The molecule has 2 heteroatoms. The van der Waals surface area contributed by atoms with Crippen molar-refractivity contribution < 1.29 is 9.53 Å². The Morgan fingerprint density at radius 2 is 2.06 bits per heavy atom. The number of aryl methyl sites for hydroxylation is 1. The standard InChI is InChI=1S/C14H18O2/c1-3-5-12-6-8-13(9-7-12)14(15)11-16-10-4-2/h4,6-9H,2-3,5,10-11H2,1H3. The lowest BCUT2D eigenvalue weighted by Gasteiger charge is -2.03. The van der Waals surface area contributed by atoms with E-state index in [1.165, 1.54) is 5.56 Å². The Labute approximate surface area is 96.9 Å². The molecule has 16 heavy (non-hydrogen) atoms. The van der Waals surface area contributed by atoms with Gasteiger partial charge >= 0.3 is 0 Å². The summed E-state index contributed by atoms with van der Waals surface area (Å²) < 4.78 is 5.11. The van der Waals surface area contributed by atoms with Gasteiger partial charge in [-0.3, -0.25) is 4.79 Å². The van der Waals surface area contributed by atoms with Crippen molar-refractivity contribution >= 4 is 5.78 Å². The first-order valence-electron chi connectivity index (χ1n) is 5.58. The van der Waals surface area contributed by atoms with Gasteiger partial charge in [-0.25, -0.2) is 0 Å². The molecule has 0 aliphatic heterocycles. The van der Waals surface area contributed by atoms with Gasteiger partial charge in [-0.15, -0.1) is 6.58 Å². The number of benzene rings is 1. The van der Waals surface area contributed by atoms with Crippen LogP contribution in [0.25, 0.3) is 0 Å². The van der Waals surface area contributed by atoms with Crippen LogP contribution in [-0.2, 0) is 11.2 Å². The topological polar surface area (TPSA) is 26.3 Å². The molecule has 0 aliphatic rings. The molecule has 0 heterocycles. The molecule has 86 valence electrons. The van der Waals surface area contributed by atoms with Gasteiger partial charge in [0.1, 0.15) is 6.61 Å². The molecule has 0 unspecified atom stereocenters. The summed E-state index contributed by atoms with van der Waals surface area (Å²) in [5, 5.41) is 0. The van der Waals surface area contributed by atoms with Crippen molar-refractivity contribution in [3.63, 3.8) is 0 Å². The third-order valence-electron chi connectivity index (χ3n) is 2.28. The monoisotopic (exact) mass is 218 g/mol. The Balaban J connectivity index is 2.52. The van der Waals surface area contributed by atoms with Gasteiger partial charge in [0.25, 0.3) is 0 Å². The molecular weight excluding hydrogens is 200 g/mol. The van der Waals surface area contributed by atoms with Crippen LogP contribution >= 0.6 is 0 Å². The van der Waals surface area contributed by atoms with Crippen molar-refractivity contribution in [2.75, 3.05) is 13.2 Å². The molecule has 1 rings (SSSR count). The number of carbonyl (C=O) groups excluding carboxylic acids is 1. The average Bonchev–Trinajstić information content (AvgIpc) is 2.30. The summed E-state index contributed by atoms with van der Waals surface area (Å²) in [6, 6.07) is 7.74. The fourth-order valence-corrected chi connectivity index (χ4v) is 1.46. The molecule has 0 saturated carbocycles. The van der Waals surface area contributed by atoms with Gasteiger partial charge in [-0.05, 0) is 12.0 Å². The van der Waals surface area contributed by atoms with Crippen LogP contribution in [0.3, 0.4) is 0 Å². The zero-order valence-corrected chi connectivity index (χ0v) is 9.74. The van der Waals surface area contributed by atoms with E-state index in [0.717, 1.165) is 12.8 Å². The maximum absolute atomic E-state index is 11.6. The van der Waals surface area contributed by atoms with Crippen LogP contribution in [0, 0.1) is 0 Å². The third-order valence-corrected chi connectivity index (χ3v) is 2.28. The Bertz CT molecular complexity index is 338. The molecule has 0 aliphatic carbocycles. The van der Waals surface area contributed by atoms with E-state index in [1.54, 1.807) is 6.08 Å². The van der Waals surface area contributed by atoms with Gasteiger partial charge in [-0.2, -0.15) is 0 Å². The van der Waals surface area contributed by atoms with Crippen LogP contribution in [0.5, 0.6) is 0 Å². The lowest BCUT2D eigenvalue weighted by molar-refractivity contribution is 0.0806. The largest absolute Gasteiger partial charge is 0.369 e. The van der Waals surface area contributed by atoms with Gasteiger partial charge in [0.15, 0.2) is 5.78 Å². The predicted octanol–water partition coefficient (Wildman–Crippen LogP) is 3.02. The highest BCUT2D eigenvalue weighted by molar-refractivity contribution is 5.97. The van der Waals surface area contributed by atoms with Gasteiger partial charge in [0, 0.05) is 5.56 Å². The summed E-state index contributed by atoms with van der Waals surface area (Å²) in [5.74, 6) is 0.0184. The van der Waals surface area contributed by atoms with Crippen LogP contribution in [0.2, 0.25) is 0 Å². The first-order valence-corrected chi connectivity index (χ1v) is 5.58. The van der Waals surface area contributed by atoms with E-state index in [-0.39, 0.29) is 12.4 Å². The van der Waals surface area contributed by atoms with Crippen LogP contribution in [-0.4, -0.2) is 19.0 Å². The van der Waals surface area contributed by atoms with E-state index >= 15 is 0 Å². The van der Waals surface area contributed by atoms with Crippen LogP contribution in [0.4, 0.5) is 0 Å². The lowest BCUT2D eigenvalue weighted by atomic mass is 10.1. The van der Waals surface area contributed by atoms with E-state index < -0.39 is 0 Å². The van der Waals surface area contributed by atoms with Gasteiger partial charge in [-0.1, -0.05) is 43.7 Å². The van der Waals surface area contributed by atoms with Crippen molar-refractivity contribution in [1.29, 1.82) is 0 Å². The number of Topliss-reactive ketones (excluding diaryl/α,β-unsaturated/α-hetero) is 1. The maximum atomic E-state index is 11.6. The molecule has 0 radical (unpaired) electrons. The molecule has 2 nitrogen and oxygen atoms in total. The molecule has 0 aromatic heterocycles. The maximum Gasteiger partial charge on any atom is 0.188 e. The third kappa shape index (κ3) is 3.99. The molecule has 0 spiro atoms. The van der Waals surface area contributed by atoms with E-state index in [9.17, 15) is 4.79 Å². The lowest BCUT2D eigenvalue weighted by Crippen LogP contribution is -2.09. The molecule has 0 bridgehead atoms. The first-order chi connectivity index (χ1) is 7.77. The second-order valence-corrected chi connectivity index (χ2v) is 3.67. The fourth-order valence-electron chi connectivity index (χ4n) is 1.46. The minimum Gasteiger partial charge on any atom is -0.369 e. The van der Waals surface area contributed by atoms with Gasteiger partial charge in [0.05, 0.1) is 6.61 Å². The summed E-state index contributed by atoms with van der Waals surface area (Å²) in [5.41, 5.74) is 1.98. The molecular formula is C14H18O2. The number of hydrogen-bond acceptors (Lipinski definition) is 2.